The molecule has 0 bridgehead atoms. The van der Waals surface area contributed by atoms with Crippen LogP contribution >= 0.6 is 0 Å². The van der Waals surface area contributed by atoms with E-state index in [0.29, 0.717) is 5.92 Å². The molecule has 2 fully saturated rings. The van der Waals surface area contributed by atoms with Crippen molar-refractivity contribution >= 4 is 0 Å². The normalized spacial score (nSPS) is 25.3. The standard InChI is InChI=1S/C15H23N3/c1-11-8-12(2)17-15(16-11)14-4-3-7-18(10-14)9-13-5-6-13/h8,13-14H,3-7,9-10H2,1-2H3/t14-/m0/s1. The van der Waals surface area contributed by atoms with Crippen molar-refractivity contribution in [2.24, 2.45) is 5.92 Å². The van der Waals surface area contributed by atoms with Crippen molar-refractivity contribution in [2.75, 3.05) is 19.6 Å². The van der Waals surface area contributed by atoms with Gasteiger partial charge in [0.25, 0.3) is 0 Å². The maximum absolute atomic E-state index is 4.65. The number of hydrogen-bond acceptors (Lipinski definition) is 3. The zero-order valence-corrected chi connectivity index (χ0v) is 11.5. The highest BCUT2D eigenvalue weighted by Crippen LogP contribution is 2.32. The maximum atomic E-state index is 4.65. The van der Waals surface area contributed by atoms with Crippen LogP contribution in [0, 0.1) is 19.8 Å². The van der Waals surface area contributed by atoms with Crippen molar-refractivity contribution in [2.45, 2.75) is 45.4 Å². The summed E-state index contributed by atoms with van der Waals surface area (Å²) in [6, 6.07) is 2.06. The van der Waals surface area contributed by atoms with Gasteiger partial charge in [-0.1, -0.05) is 0 Å². The van der Waals surface area contributed by atoms with Gasteiger partial charge in [-0.3, -0.25) is 0 Å². The van der Waals surface area contributed by atoms with Gasteiger partial charge in [0.05, 0.1) is 0 Å². The van der Waals surface area contributed by atoms with Crippen molar-refractivity contribution in [1.29, 1.82) is 0 Å². The molecule has 1 aliphatic carbocycles. The molecule has 1 aromatic heterocycles. The molecule has 1 saturated carbocycles. The van der Waals surface area contributed by atoms with Crippen molar-refractivity contribution in [1.82, 2.24) is 14.9 Å². The van der Waals surface area contributed by atoms with Crippen LogP contribution in [0.15, 0.2) is 6.07 Å². The lowest BCUT2D eigenvalue weighted by atomic mass is 9.96. The van der Waals surface area contributed by atoms with E-state index in [-0.39, 0.29) is 0 Å². The topological polar surface area (TPSA) is 29.0 Å². The average Bonchev–Trinajstić information content (AvgIpc) is 3.12. The lowest BCUT2D eigenvalue weighted by Crippen LogP contribution is -2.36. The molecule has 0 spiro atoms. The molecule has 18 heavy (non-hydrogen) atoms. The van der Waals surface area contributed by atoms with Crippen LogP contribution in [0.5, 0.6) is 0 Å². The first-order chi connectivity index (χ1) is 8.70. The molecule has 0 unspecified atom stereocenters. The Hall–Kier alpha value is -0.960. The average molecular weight is 245 g/mol. The van der Waals surface area contributed by atoms with Gasteiger partial charge in [-0.2, -0.15) is 0 Å². The van der Waals surface area contributed by atoms with Crippen molar-refractivity contribution in [3.63, 3.8) is 0 Å². The van der Waals surface area contributed by atoms with Gasteiger partial charge >= 0.3 is 0 Å². The number of aromatic nitrogens is 2. The van der Waals surface area contributed by atoms with E-state index in [1.807, 2.05) is 0 Å². The Balaban J connectivity index is 1.70. The van der Waals surface area contributed by atoms with E-state index >= 15 is 0 Å². The van der Waals surface area contributed by atoms with Crippen LogP contribution in [0.1, 0.15) is 48.8 Å². The van der Waals surface area contributed by atoms with E-state index in [9.17, 15) is 0 Å². The van der Waals surface area contributed by atoms with Gasteiger partial charge in [0.2, 0.25) is 0 Å². The summed E-state index contributed by atoms with van der Waals surface area (Å²) in [5.74, 6) is 2.62. The second-order valence-corrected chi connectivity index (χ2v) is 6.05. The van der Waals surface area contributed by atoms with Crippen LogP contribution in [-0.4, -0.2) is 34.5 Å². The Bertz CT molecular complexity index is 405. The summed E-state index contributed by atoms with van der Waals surface area (Å²) in [5, 5.41) is 0. The second kappa shape index (κ2) is 4.96. The molecule has 3 rings (SSSR count). The fourth-order valence-electron chi connectivity index (χ4n) is 3.03. The zero-order chi connectivity index (χ0) is 12.5. The van der Waals surface area contributed by atoms with E-state index < -0.39 is 0 Å². The van der Waals surface area contributed by atoms with Gasteiger partial charge in [0, 0.05) is 30.4 Å². The molecule has 2 aliphatic rings. The molecule has 3 nitrogen and oxygen atoms in total. The highest BCUT2D eigenvalue weighted by molar-refractivity contribution is 5.11. The third-order valence-electron chi connectivity index (χ3n) is 4.08. The van der Waals surface area contributed by atoms with Crippen molar-refractivity contribution in [3.8, 4) is 0 Å². The molecule has 3 heteroatoms. The summed E-state index contributed by atoms with van der Waals surface area (Å²) < 4.78 is 0. The number of rotatable bonds is 3. The third kappa shape index (κ3) is 2.89. The molecule has 98 valence electrons. The first kappa shape index (κ1) is 12.1. The van der Waals surface area contributed by atoms with E-state index in [4.69, 9.17) is 0 Å². The van der Waals surface area contributed by atoms with Gasteiger partial charge in [-0.15, -0.1) is 0 Å². The van der Waals surface area contributed by atoms with Gasteiger partial charge in [0.1, 0.15) is 5.82 Å². The number of hydrogen-bond donors (Lipinski definition) is 0. The minimum atomic E-state index is 0.552. The Labute approximate surface area is 110 Å². The summed E-state index contributed by atoms with van der Waals surface area (Å²) in [6.45, 7) is 7.89. The van der Waals surface area contributed by atoms with E-state index in [0.717, 1.165) is 23.1 Å². The molecule has 0 aromatic carbocycles. The van der Waals surface area contributed by atoms with Gasteiger partial charge in [-0.25, -0.2) is 9.97 Å². The molecule has 1 saturated heterocycles. The van der Waals surface area contributed by atoms with Gasteiger partial charge < -0.3 is 4.90 Å². The molecular formula is C15H23N3. The molecule has 0 radical (unpaired) electrons. The fraction of sp³-hybridized carbons (Fsp3) is 0.733. The number of aryl methyl sites for hydroxylation is 2. The monoisotopic (exact) mass is 245 g/mol. The number of nitrogens with zero attached hydrogens (tertiary/aromatic N) is 3. The van der Waals surface area contributed by atoms with Gasteiger partial charge in [-0.05, 0) is 58.1 Å². The second-order valence-electron chi connectivity index (χ2n) is 6.05. The minimum absolute atomic E-state index is 0.552. The van der Waals surface area contributed by atoms with Crippen LogP contribution in [0.3, 0.4) is 0 Å². The SMILES string of the molecule is Cc1cc(C)nc([C@H]2CCCN(CC3CC3)C2)n1. The Kier molecular flexibility index (Phi) is 3.33. The van der Waals surface area contributed by atoms with Crippen LogP contribution < -0.4 is 0 Å². The Morgan fingerprint density at radius 1 is 1.17 bits per heavy atom. The number of likely N-dealkylation sites (tertiary alicyclic amines) is 1. The largest absolute Gasteiger partial charge is 0.302 e. The molecule has 1 aromatic rings. The lowest BCUT2D eigenvalue weighted by molar-refractivity contribution is 0.196. The lowest BCUT2D eigenvalue weighted by Gasteiger charge is -2.32. The Morgan fingerprint density at radius 3 is 2.56 bits per heavy atom. The molecule has 2 heterocycles. The van der Waals surface area contributed by atoms with Crippen molar-refractivity contribution < 1.29 is 0 Å². The van der Waals surface area contributed by atoms with E-state index in [1.54, 1.807) is 0 Å². The Morgan fingerprint density at radius 2 is 1.89 bits per heavy atom. The molecule has 1 aliphatic heterocycles. The van der Waals surface area contributed by atoms with E-state index in [2.05, 4.69) is 34.8 Å². The molecule has 1 atom stereocenters. The maximum Gasteiger partial charge on any atom is 0.133 e. The summed E-state index contributed by atoms with van der Waals surface area (Å²) in [5.41, 5.74) is 2.22. The predicted molar refractivity (Wildman–Crippen MR) is 72.6 cm³/mol. The van der Waals surface area contributed by atoms with E-state index in [1.165, 1.54) is 45.3 Å². The predicted octanol–water partition coefficient (Wildman–Crippen LogP) is 2.68. The molecule has 0 amide bonds. The van der Waals surface area contributed by atoms with Crippen LogP contribution in [0.25, 0.3) is 0 Å². The molecular weight excluding hydrogens is 222 g/mol. The summed E-state index contributed by atoms with van der Waals surface area (Å²) in [7, 11) is 0. The smallest absolute Gasteiger partial charge is 0.133 e. The van der Waals surface area contributed by atoms with Crippen LogP contribution in [-0.2, 0) is 0 Å². The third-order valence-corrected chi connectivity index (χ3v) is 4.08. The first-order valence-electron chi connectivity index (χ1n) is 7.25. The van der Waals surface area contributed by atoms with Crippen LogP contribution in [0.4, 0.5) is 0 Å². The highest BCUT2D eigenvalue weighted by Gasteiger charge is 2.29. The highest BCUT2D eigenvalue weighted by atomic mass is 15.1. The van der Waals surface area contributed by atoms with Crippen molar-refractivity contribution in [3.05, 3.63) is 23.3 Å². The van der Waals surface area contributed by atoms with Crippen LogP contribution in [0.2, 0.25) is 0 Å². The summed E-state index contributed by atoms with van der Waals surface area (Å²) in [4.78, 5) is 11.9. The van der Waals surface area contributed by atoms with Gasteiger partial charge in [0.15, 0.2) is 0 Å². The quantitative estimate of drug-likeness (QED) is 0.820. The molecule has 0 N–H and O–H groups in total. The summed E-state index contributed by atoms with van der Waals surface area (Å²) >= 11 is 0. The zero-order valence-electron chi connectivity index (χ0n) is 11.5. The minimum Gasteiger partial charge on any atom is -0.302 e. The first-order valence-corrected chi connectivity index (χ1v) is 7.25. The fourth-order valence-corrected chi connectivity index (χ4v) is 3.03. The number of piperidine rings is 1. The summed E-state index contributed by atoms with van der Waals surface area (Å²) in [6.07, 6.45) is 5.44.